The molecule has 0 aliphatic heterocycles. The van der Waals surface area contributed by atoms with Crippen LogP contribution in [0.5, 0.6) is 5.75 Å². The van der Waals surface area contributed by atoms with Gasteiger partial charge in [-0.1, -0.05) is 0 Å². The third-order valence-corrected chi connectivity index (χ3v) is 3.46. The summed E-state index contributed by atoms with van der Waals surface area (Å²) in [5, 5.41) is 3.87. The van der Waals surface area contributed by atoms with Crippen LogP contribution >= 0.6 is 0 Å². The van der Waals surface area contributed by atoms with Gasteiger partial charge in [0.2, 0.25) is 0 Å². The molecule has 0 aliphatic carbocycles. The summed E-state index contributed by atoms with van der Waals surface area (Å²) in [6.07, 6.45) is 2.00. The molecule has 0 atom stereocenters. The van der Waals surface area contributed by atoms with Gasteiger partial charge in [-0.25, -0.2) is 4.79 Å². The Hall–Kier alpha value is -2.30. The van der Waals surface area contributed by atoms with Crippen LogP contribution in [-0.2, 0) is 11.2 Å². The molecule has 1 aromatic carbocycles. The lowest BCUT2D eigenvalue weighted by Crippen LogP contribution is -2.33. The molecule has 0 unspecified atom stereocenters. The highest BCUT2D eigenvalue weighted by atomic mass is 16.6. The lowest BCUT2D eigenvalue weighted by molar-refractivity contribution is 0.0528. The number of hydrogen-bond donors (Lipinski definition) is 1. The number of amides is 1. The summed E-state index contributed by atoms with van der Waals surface area (Å²) >= 11 is 0. The van der Waals surface area contributed by atoms with Gasteiger partial charge in [-0.05, 0) is 57.9 Å². The van der Waals surface area contributed by atoms with Crippen LogP contribution in [0, 0.1) is 6.92 Å². The predicted octanol–water partition coefficient (Wildman–Crippen LogP) is 3.62. The largest absolute Gasteiger partial charge is 0.496 e. The zero-order valence-electron chi connectivity index (χ0n) is 14.4. The normalized spacial score (nSPS) is 11.3. The van der Waals surface area contributed by atoms with Crippen molar-refractivity contribution < 1.29 is 14.3 Å². The maximum absolute atomic E-state index is 11.7. The zero-order valence-corrected chi connectivity index (χ0v) is 14.4. The molecule has 0 radical (unpaired) electrons. The Bertz CT molecular complexity index is 705. The van der Waals surface area contributed by atoms with Crippen molar-refractivity contribution in [2.24, 2.45) is 0 Å². The summed E-state index contributed by atoms with van der Waals surface area (Å²) in [7, 11) is 1.64. The van der Waals surface area contributed by atoms with E-state index in [-0.39, 0.29) is 0 Å². The zero-order chi connectivity index (χ0) is 17.0. The summed E-state index contributed by atoms with van der Waals surface area (Å²) in [6, 6.07) is 5.94. The third-order valence-electron chi connectivity index (χ3n) is 3.46. The van der Waals surface area contributed by atoms with Crippen molar-refractivity contribution in [3.63, 3.8) is 0 Å². The summed E-state index contributed by atoms with van der Waals surface area (Å²) in [5.74, 6) is 0.779. The molecule has 2 aromatic rings. The minimum absolute atomic E-state index is 0.416. The fraction of sp³-hybridized carbons (Fsp3) is 0.444. The van der Waals surface area contributed by atoms with E-state index in [1.54, 1.807) is 13.3 Å². The number of pyridine rings is 1. The van der Waals surface area contributed by atoms with Crippen molar-refractivity contribution in [2.75, 3.05) is 13.7 Å². The number of methoxy groups -OCH3 is 1. The van der Waals surface area contributed by atoms with Crippen molar-refractivity contribution in [2.45, 2.75) is 39.7 Å². The topological polar surface area (TPSA) is 60.5 Å². The molecular formula is C18H24N2O3. The highest BCUT2D eigenvalue weighted by Crippen LogP contribution is 2.28. The monoisotopic (exact) mass is 316 g/mol. The van der Waals surface area contributed by atoms with Crippen LogP contribution < -0.4 is 10.1 Å². The van der Waals surface area contributed by atoms with E-state index in [1.807, 2.05) is 39.0 Å². The molecule has 1 amide bonds. The molecule has 1 heterocycles. The minimum atomic E-state index is -0.500. The number of hydrogen-bond acceptors (Lipinski definition) is 4. The summed E-state index contributed by atoms with van der Waals surface area (Å²) in [4.78, 5) is 16.2. The Balaban J connectivity index is 2.16. The van der Waals surface area contributed by atoms with Gasteiger partial charge >= 0.3 is 6.09 Å². The van der Waals surface area contributed by atoms with Crippen molar-refractivity contribution >= 4 is 17.0 Å². The van der Waals surface area contributed by atoms with Gasteiger partial charge in [0.25, 0.3) is 0 Å². The average molecular weight is 316 g/mol. The number of rotatable bonds is 4. The number of benzene rings is 1. The van der Waals surface area contributed by atoms with Crippen LogP contribution in [0.2, 0.25) is 0 Å². The molecule has 0 saturated heterocycles. The second-order valence-corrected chi connectivity index (χ2v) is 6.45. The van der Waals surface area contributed by atoms with Crippen LogP contribution in [0.1, 0.15) is 31.9 Å². The summed E-state index contributed by atoms with van der Waals surface area (Å²) in [5.41, 5.74) is 2.57. The highest BCUT2D eigenvalue weighted by Gasteiger charge is 2.16. The second-order valence-electron chi connectivity index (χ2n) is 6.45. The van der Waals surface area contributed by atoms with E-state index < -0.39 is 11.7 Å². The minimum Gasteiger partial charge on any atom is -0.496 e. The van der Waals surface area contributed by atoms with Gasteiger partial charge in [-0.15, -0.1) is 0 Å². The van der Waals surface area contributed by atoms with Crippen molar-refractivity contribution in [3.8, 4) is 5.75 Å². The highest BCUT2D eigenvalue weighted by molar-refractivity contribution is 5.86. The van der Waals surface area contributed by atoms with Crippen molar-refractivity contribution in [3.05, 3.63) is 35.5 Å². The van der Waals surface area contributed by atoms with E-state index in [4.69, 9.17) is 9.47 Å². The number of aryl methyl sites for hydroxylation is 1. The number of alkyl carbamates (subject to hydrolysis) is 1. The first kappa shape index (κ1) is 17.1. The van der Waals surface area contributed by atoms with Gasteiger partial charge in [-0.2, -0.15) is 0 Å². The Labute approximate surface area is 137 Å². The SMILES string of the molecule is COc1ccc2c(C)ccnc2c1CCNC(=O)OC(C)(C)C. The standard InChI is InChI=1S/C18H24N2O3/c1-12-8-10-19-16-13(12)6-7-15(22-5)14(16)9-11-20-17(21)23-18(2,3)4/h6-8,10H,9,11H2,1-5H3,(H,20,21). The quantitative estimate of drug-likeness (QED) is 0.936. The van der Waals surface area contributed by atoms with Gasteiger partial charge in [0.05, 0.1) is 12.6 Å². The summed E-state index contributed by atoms with van der Waals surface area (Å²) in [6.45, 7) is 8.03. The number of nitrogens with zero attached hydrogens (tertiary/aromatic N) is 1. The van der Waals surface area contributed by atoms with Crippen molar-refractivity contribution in [1.82, 2.24) is 10.3 Å². The molecule has 1 N–H and O–H groups in total. The van der Waals surface area contributed by atoms with Crippen LogP contribution in [0.4, 0.5) is 4.79 Å². The molecule has 0 fully saturated rings. The Kier molecular flexibility index (Phi) is 5.08. The Morgan fingerprint density at radius 2 is 2.00 bits per heavy atom. The molecular weight excluding hydrogens is 292 g/mol. The Morgan fingerprint density at radius 1 is 1.26 bits per heavy atom. The molecule has 0 bridgehead atoms. The van der Waals surface area contributed by atoms with Gasteiger partial charge in [0.15, 0.2) is 0 Å². The van der Waals surface area contributed by atoms with Crippen molar-refractivity contribution in [1.29, 1.82) is 0 Å². The molecule has 0 spiro atoms. The summed E-state index contributed by atoms with van der Waals surface area (Å²) < 4.78 is 10.7. The maximum Gasteiger partial charge on any atom is 0.407 e. The molecule has 0 aliphatic rings. The molecule has 124 valence electrons. The third kappa shape index (κ3) is 4.34. The van der Waals surface area contributed by atoms with Crippen LogP contribution in [0.3, 0.4) is 0 Å². The molecule has 23 heavy (non-hydrogen) atoms. The van der Waals surface area contributed by atoms with Gasteiger partial charge < -0.3 is 14.8 Å². The van der Waals surface area contributed by atoms with Gasteiger partial charge in [-0.3, -0.25) is 4.98 Å². The fourth-order valence-electron chi connectivity index (χ4n) is 2.43. The smallest absolute Gasteiger partial charge is 0.407 e. The van der Waals surface area contributed by atoms with E-state index in [0.717, 1.165) is 22.2 Å². The first-order valence-corrected chi connectivity index (χ1v) is 7.70. The van der Waals surface area contributed by atoms with E-state index in [2.05, 4.69) is 17.2 Å². The first-order valence-electron chi connectivity index (χ1n) is 7.70. The fourth-order valence-corrected chi connectivity index (χ4v) is 2.43. The van der Waals surface area contributed by atoms with E-state index in [0.29, 0.717) is 13.0 Å². The molecule has 2 rings (SSSR count). The van der Waals surface area contributed by atoms with Gasteiger partial charge in [0, 0.05) is 23.7 Å². The lowest BCUT2D eigenvalue weighted by Gasteiger charge is -2.20. The number of carbonyl (C=O) groups is 1. The number of ether oxygens (including phenoxy) is 2. The predicted molar refractivity (Wildman–Crippen MR) is 91.0 cm³/mol. The molecule has 5 nitrogen and oxygen atoms in total. The number of fused-ring (bicyclic) bond motifs is 1. The van der Waals surface area contributed by atoms with E-state index in [1.165, 1.54) is 5.56 Å². The first-order chi connectivity index (χ1) is 10.8. The maximum atomic E-state index is 11.7. The molecule has 1 aromatic heterocycles. The Morgan fingerprint density at radius 3 is 2.65 bits per heavy atom. The number of carbonyl (C=O) groups excluding carboxylic acids is 1. The molecule has 0 saturated carbocycles. The average Bonchev–Trinajstić information content (AvgIpc) is 2.46. The van der Waals surface area contributed by atoms with Crippen LogP contribution in [0.15, 0.2) is 24.4 Å². The lowest BCUT2D eigenvalue weighted by atomic mass is 10.0. The van der Waals surface area contributed by atoms with E-state index in [9.17, 15) is 4.79 Å². The van der Waals surface area contributed by atoms with Crippen LogP contribution in [0.25, 0.3) is 10.9 Å². The number of aromatic nitrogens is 1. The van der Waals surface area contributed by atoms with E-state index >= 15 is 0 Å². The van der Waals surface area contributed by atoms with Crippen LogP contribution in [-0.4, -0.2) is 30.3 Å². The number of nitrogens with one attached hydrogen (secondary N) is 1. The second kappa shape index (κ2) is 6.86. The van der Waals surface area contributed by atoms with Gasteiger partial charge in [0.1, 0.15) is 11.4 Å². The molecule has 5 heteroatoms.